The molecule has 0 aromatic carbocycles. The number of aromatic nitrogens is 2. The number of hydrogen-bond donors (Lipinski definition) is 1. The Hall–Kier alpha value is -0.790. The maximum atomic E-state index is 4.82. The first-order valence-corrected chi connectivity index (χ1v) is 8.77. The third kappa shape index (κ3) is 5.97. The molecule has 0 amide bonds. The maximum absolute atomic E-state index is 4.82. The molecule has 1 aliphatic heterocycles. The van der Waals surface area contributed by atoms with Crippen LogP contribution in [0.5, 0.6) is 0 Å². The number of guanidine groups is 1. The number of nitrogens with one attached hydrogen (secondary N) is 1. The van der Waals surface area contributed by atoms with Crippen LogP contribution in [0.3, 0.4) is 0 Å². The third-order valence-electron chi connectivity index (χ3n) is 4.48. The van der Waals surface area contributed by atoms with E-state index in [0.29, 0.717) is 12.0 Å². The minimum absolute atomic E-state index is 0. The second kappa shape index (κ2) is 10.9. The van der Waals surface area contributed by atoms with Crippen LogP contribution in [0.15, 0.2) is 23.7 Å². The second-order valence-corrected chi connectivity index (χ2v) is 6.23. The Labute approximate surface area is 158 Å². The monoisotopic (exact) mass is 433 g/mol. The van der Waals surface area contributed by atoms with Crippen LogP contribution in [0.2, 0.25) is 0 Å². The Morgan fingerprint density at radius 3 is 2.83 bits per heavy atom. The Morgan fingerprint density at radius 1 is 1.35 bits per heavy atom. The molecule has 1 saturated heterocycles. The fourth-order valence-corrected chi connectivity index (χ4v) is 3.07. The molecule has 23 heavy (non-hydrogen) atoms. The summed E-state index contributed by atoms with van der Waals surface area (Å²) in [5.41, 5.74) is 0. The highest BCUT2D eigenvalue weighted by Crippen LogP contribution is 2.27. The van der Waals surface area contributed by atoms with Crippen molar-refractivity contribution in [3.63, 3.8) is 0 Å². The highest BCUT2D eigenvalue weighted by atomic mass is 127. The van der Waals surface area contributed by atoms with Crippen LogP contribution < -0.4 is 5.32 Å². The molecular weight excluding hydrogens is 401 g/mol. The summed E-state index contributed by atoms with van der Waals surface area (Å²) in [4.78, 5) is 11.4. The number of imidazole rings is 1. The largest absolute Gasteiger partial charge is 0.357 e. The van der Waals surface area contributed by atoms with Crippen molar-refractivity contribution in [2.24, 2.45) is 10.9 Å². The highest BCUT2D eigenvalue weighted by Gasteiger charge is 2.28. The topological polar surface area (TPSA) is 45.5 Å². The first-order valence-electron chi connectivity index (χ1n) is 8.77. The summed E-state index contributed by atoms with van der Waals surface area (Å²) in [7, 11) is 0. The molecule has 0 saturated carbocycles. The molecule has 2 heterocycles. The van der Waals surface area contributed by atoms with E-state index in [0.717, 1.165) is 32.1 Å². The number of piperidine rings is 1. The van der Waals surface area contributed by atoms with E-state index in [4.69, 9.17) is 4.99 Å². The van der Waals surface area contributed by atoms with Gasteiger partial charge in [-0.2, -0.15) is 0 Å². The van der Waals surface area contributed by atoms with Crippen molar-refractivity contribution in [2.45, 2.75) is 52.5 Å². The van der Waals surface area contributed by atoms with Gasteiger partial charge in [-0.05, 0) is 25.7 Å². The molecule has 0 radical (unpaired) electrons. The summed E-state index contributed by atoms with van der Waals surface area (Å²) in [6.07, 6.45) is 10.8. The van der Waals surface area contributed by atoms with Gasteiger partial charge >= 0.3 is 0 Å². The van der Waals surface area contributed by atoms with Gasteiger partial charge in [0.1, 0.15) is 0 Å². The summed E-state index contributed by atoms with van der Waals surface area (Å²) in [6.45, 7) is 10.7. The van der Waals surface area contributed by atoms with Gasteiger partial charge in [0.05, 0.1) is 12.4 Å². The summed E-state index contributed by atoms with van der Waals surface area (Å²) in [5, 5.41) is 3.46. The normalized spacial score (nSPS) is 21.9. The molecule has 0 aliphatic carbocycles. The molecule has 1 aromatic heterocycles. The van der Waals surface area contributed by atoms with Gasteiger partial charge in [-0.25, -0.2) is 4.98 Å². The molecule has 1 N–H and O–H groups in total. The summed E-state index contributed by atoms with van der Waals surface area (Å²) < 4.78 is 2.25. The summed E-state index contributed by atoms with van der Waals surface area (Å²) >= 11 is 0. The zero-order valence-electron chi connectivity index (χ0n) is 14.7. The fourth-order valence-electron chi connectivity index (χ4n) is 3.07. The Bertz CT molecular complexity index is 446. The minimum Gasteiger partial charge on any atom is -0.357 e. The van der Waals surface area contributed by atoms with Crippen molar-refractivity contribution in [1.82, 2.24) is 19.8 Å². The minimum atomic E-state index is 0. The van der Waals surface area contributed by atoms with E-state index in [1.807, 2.05) is 12.5 Å². The molecule has 2 unspecified atom stereocenters. The van der Waals surface area contributed by atoms with Crippen LogP contribution in [0, 0.1) is 5.92 Å². The van der Waals surface area contributed by atoms with Gasteiger partial charge < -0.3 is 14.8 Å². The number of nitrogens with zero attached hydrogens (tertiary/aromatic N) is 4. The van der Waals surface area contributed by atoms with Crippen molar-refractivity contribution in [3.05, 3.63) is 18.7 Å². The van der Waals surface area contributed by atoms with Crippen molar-refractivity contribution < 1.29 is 0 Å². The molecule has 1 aliphatic rings. The predicted molar refractivity (Wildman–Crippen MR) is 108 cm³/mol. The average molecular weight is 433 g/mol. The zero-order valence-corrected chi connectivity index (χ0v) is 17.1. The van der Waals surface area contributed by atoms with Gasteiger partial charge in [-0.1, -0.05) is 26.7 Å². The second-order valence-electron chi connectivity index (χ2n) is 6.23. The lowest BCUT2D eigenvalue weighted by Gasteiger charge is -2.39. The molecule has 1 aromatic rings. The van der Waals surface area contributed by atoms with Gasteiger partial charge in [0.15, 0.2) is 5.96 Å². The molecule has 1 fully saturated rings. The van der Waals surface area contributed by atoms with Crippen LogP contribution >= 0.6 is 24.0 Å². The third-order valence-corrected chi connectivity index (χ3v) is 4.48. The van der Waals surface area contributed by atoms with Crippen molar-refractivity contribution in [2.75, 3.05) is 26.2 Å². The van der Waals surface area contributed by atoms with Crippen LogP contribution in [-0.2, 0) is 0 Å². The van der Waals surface area contributed by atoms with Gasteiger partial charge in [-0.3, -0.25) is 4.99 Å². The van der Waals surface area contributed by atoms with Gasteiger partial charge in [0, 0.05) is 38.6 Å². The summed E-state index contributed by atoms with van der Waals surface area (Å²) in [6, 6.07) is 0.482. The van der Waals surface area contributed by atoms with Crippen molar-refractivity contribution in [3.8, 4) is 0 Å². The van der Waals surface area contributed by atoms with E-state index >= 15 is 0 Å². The number of halogens is 1. The zero-order chi connectivity index (χ0) is 15.8. The van der Waals surface area contributed by atoms with Crippen LogP contribution in [-0.4, -0.2) is 46.6 Å². The Balaban J connectivity index is 0.00000264. The van der Waals surface area contributed by atoms with Gasteiger partial charge in [0.2, 0.25) is 0 Å². The Kier molecular flexibility index (Phi) is 9.59. The maximum Gasteiger partial charge on any atom is 0.193 e. The van der Waals surface area contributed by atoms with Gasteiger partial charge in [0.25, 0.3) is 0 Å². The number of aliphatic imine (C=N–C) groups is 1. The predicted octanol–water partition coefficient (Wildman–Crippen LogP) is 3.54. The van der Waals surface area contributed by atoms with E-state index < -0.39 is 0 Å². The lowest BCUT2D eigenvalue weighted by molar-refractivity contribution is 0.189. The fraction of sp³-hybridized carbons (Fsp3) is 0.765. The van der Waals surface area contributed by atoms with Crippen molar-refractivity contribution in [1.29, 1.82) is 0 Å². The first kappa shape index (κ1) is 20.3. The molecular formula is C17H32IN5. The van der Waals surface area contributed by atoms with E-state index in [9.17, 15) is 0 Å². The molecule has 132 valence electrons. The molecule has 5 nitrogen and oxygen atoms in total. The van der Waals surface area contributed by atoms with E-state index in [1.54, 1.807) is 0 Å². The lowest BCUT2D eigenvalue weighted by atomic mass is 9.93. The van der Waals surface area contributed by atoms with E-state index in [-0.39, 0.29) is 24.0 Å². The van der Waals surface area contributed by atoms with Crippen molar-refractivity contribution >= 4 is 29.9 Å². The first-order chi connectivity index (χ1) is 10.8. The highest BCUT2D eigenvalue weighted by molar-refractivity contribution is 14.0. The summed E-state index contributed by atoms with van der Waals surface area (Å²) in [5.74, 6) is 1.75. The average Bonchev–Trinajstić information content (AvgIpc) is 3.05. The molecule has 2 rings (SSSR count). The number of rotatable bonds is 6. The molecule has 2 atom stereocenters. The smallest absolute Gasteiger partial charge is 0.193 e. The van der Waals surface area contributed by atoms with E-state index in [2.05, 4.69) is 46.7 Å². The molecule has 6 heteroatoms. The van der Waals surface area contributed by atoms with E-state index in [1.165, 1.54) is 25.7 Å². The van der Waals surface area contributed by atoms with Gasteiger partial charge in [-0.15, -0.1) is 24.0 Å². The standard InChI is InChI=1S/C17H31N5.HI/c1-4-6-7-9-20-17(19-5-2)21-11-8-15(3)16(13-21)22-12-10-18-14-22;/h10,12,14-16H,4-9,11,13H2,1-3H3,(H,19,20);1H. The van der Waals surface area contributed by atoms with Crippen LogP contribution in [0.1, 0.15) is 52.5 Å². The van der Waals surface area contributed by atoms with Crippen LogP contribution in [0.4, 0.5) is 0 Å². The number of hydrogen-bond acceptors (Lipinski definition) is 2. The number of unbranched alkanes of at least 4 members (excludes halogenated alkanes) is 2. The quantitative estimate of drug-likeness (QED) is 0.323. The molecule has 0 spiro atoms. The Morgan fingerprint density at radius 2 is 2.17 bits per heavy atom. The lowest BCUT2D eigenvalue weighted by Crippen LogP contribution is -2.49. The SMILES string of the molecule is CCCCCN=C(NCC)N1CCC(C)C(n2ccnc2)C1.I. The molecule has 0 bridgehead atoms. The number of likely N-dealkylation sites (tertiary alicyclic amines) is 1. The van der Waals surface area contributed by atoms with Crippen LogP contribution in [0.25, 0.3) is 0 Å².